The van der Waals surface area contributed by atoms with Crippen LogP contribution in [0.5, 0.6) is 5.75 Å². The lowest BCUT2D eigenvalue weighted by atomic mass is 9.89. The molecule has 0 bridgehead atoms. The summed E-state index contributed by atoms with van der Waals surface area (Å²) >= 11 is 0. The van der Waals surface area contributed by atoms with Gasteiger partial charge in [0.2, 0.25) is 11.8 Å². The molecule has 1 fully saturated rings. The molecule has 1 aliphatic rings. The Bertz CT molecular complexity index is 537. The monoisotopic (exact) mass is 304 g/mol. The van der Waals surface area contributed by atoms with Crippen molar-refractivity contribution in [2.45, 2.75) is 39.0 Å². The maximum Gasteiger partial charge on any atom is 0.243 e. The van der Waals surface area contributed by atoms with Gasteiger partial charge in [-0.25, -0.2) is 0 Å². The average molecular weight is 304 g/mol. The highest BCUT2D eigenvalue weighted by atomic mass is 16.5. The minimum atomic E-state index is -0.243. The smallest absolute Gasteiger partial charge is 0.243 e. The zero-order valence-electron chi connectivity index (χ0n) is 13.3. The minimum Gasteiger partial charge on any atom is -0.495 e. The predicted molar refractivity (Wildman–Crippen MR) is 85.9 cm³/mol. The Morgan fingerprint density at radius 1 is 1.23 bits per heavy atom. The van der Waals surface area contributed by atoms with E-state index in [2.05, 4.69) is 10.6 Å². The molecule has 0 spiro atoms. The molecule has 1 saturated carbocycles. The van der Waals surface area contributed by atoms with E-state index in [1.165, 1.54) is 6.42 Å². The lowest BCUT2D eigenvalue weighted by Crippen LogP contribution is -2.37. The van der Waals surface area contributed by atoms with Gasteiger partial charge in [0.1, 0.15) is 5.75 Å². The molecule has 1 aliphatic carbocycles. The minimum absolute atomic E-state index is 0.00751. The molecule has 0 heterocycles. The summed E-state index contributed by atoms with van der Waals surface area (Å²) in [4.78, 5) is 24.0. The molecular weight excluding hydrogens is 280 g/mol. The lowest BCUT2D eigenvalue weighted by Gasteiger charge is -2.20. The second-order valence-electron chi connectivity index (χ2n) is 5.80. The van der Waals surface area contributed by atoms with Gasteiger partial charge < -0.3 is 15.4 Å². The fraction of sp³-hybridized carbons (Fsp3) is 0.529. The zero-order chi connectivity index (χ0) is 15.9. The molecule has 1 aromatic rings. The van der Waals surface area contributed by atoms with Crippen LogP contribution in [0.2, 0.25) is 0 Å². The number of hydrogen-bond donors (Lipinski definition) is 2. The maximum atomic E-state index is 12.0. The molecule has 0 unspecified atom stereocenters. The number of rotatable bonds is 5. The van der Waals surface area contributed by atoms with Crippen molar-refractivity contribution in [3.05, 3.63) is 23.8 Å². The molecule has 0 radical (unpaired) electrons. The second-order valence-corrected chi connectivity index (χ2v) is 5.80. The molecule has 120 valence electrons. The van der Waals surface area contributed by atoms with Crippen molar-refractivity contribution in [3.63, 3.8) is 0 Å². The van der Waals surface area contributed by atoms with Crippen LogP contribution in [0, 0.1) is 12.8 Å². The van der Waals surface area contributed by atoms with Crippen LogP contribution < -0.4 is 15.4 Å². The largest absolute Gasteiger partial charge is 0.495 e. The highest BCUT2D eigenvalue weighted by Crippen LogP contribution is 2.25. The Balaban J connectivity index is 1.85. The number of anilines is 1. The van der Waals surface area contributed by atoms with Gasteiger partial charge >= 0.3 is 0 Å². The van der Waals surface area contributed by atoms with Crippen molar-refractivity contribution in [2.75, 3.05) is 19.0 Å². The normalized spacial score (nSPS) is 15.2. The van der Waals surface area contributed by atoms with Gasteiger partial charge in [0.05, 0.1) is 19.3 Å². The van der Waals surface area contributed by atoms with Crippen molar-refractivity contribution < 1.29 is 14.3 Å². The quantitative estimate of drug-likeness (QED) is 0.878. The standard InChI is InChI=1S/C17H24N2O3/c1-12-8-9-15(22-2)14(10-12)19-16(20)11-18-17(21)13-6-4-3-5-7-13/h8-10,13H,3-7,11H2,1-2H3,(H,18,21)(H,19,20). The molecule has 2 N–H and O–H groups in total. The summed E-state index contributed by atoms with van der Waals surface area (Å²) in [5.41, 5.74) is 1.65. The summed E-state index contributed by atoms with van der Waals surface area (Å²) in [5.74, 6) is 0.423. The van der Waals surface area contributed by atoms with Gasteiger partial charge in [-0.05, 0) is 37.5 Å². The summed E-state index contributed by atoms with van der Waals surface area (Å²) in [7, 11) is 1.56. The van der Waals surface area contributed by atoms with E-state index in [0.717, 1.165) is 31.2 Å². The predicted octanol–water partition coefficient (Wildman–Crippen LogP) is 2.64. The van der Waals surface area contributed by atoms with Crippen LogP contribution in [0.1, 0.15) is 37.7 Å². The number of carbonyl (C=O) groups excluding carboxylic acids is 2. The van der Waals surface area contributed by atoms with Crippen LogP contribution in [-0.2, 0) is 9.59 Å². The summed E-state index contributed by atoms with van der Waals surface area (Å²) in [6, 6.07) is 5.57. The molecule has 1 aromatic carbocycles. The number of nitrogens with one attached hydrogen (secondary N) is 2. The molecule has 5 heteroatoms. The van der Waals surface area contributed by atoms with Gasteiger partial charge in [-0.2, -0.15) is 0 Å². The average Bonchev–Trinajstić information content (AvgIpc) is 2.53. The van der Waals surface area contributed by atoms with Gasteiger partial charge in [-0.3, -0.25) is 9.59 Å². The van der Waals surface area contributed by atoms with Gasteiger partial charge in [0, 0.05) is 5.92 Å². The number of methoxy groups -OCH3 is 1. The fourth-order valence-corrected chi connectivity index (χ4v) is 2.79. The molecule has 2 rings (SSSR count). The number of aryl methyl sites for hydroxylation is 1. The van der Waals surface area contributed by atoms with Crippen LogP contribution in [0.15, 0.2) is 18.2 Å². The van der Waals surface area contributed by atoms with Gasteiger partial charge in [0.25, 0.3) is 0 Å². The van der Waals surface area contributed by atoms with E-state index in [4.69, 9.17) is 4.74 Å². The molecule has 22 heavy (non-hydrogen) atoms. The first kappa shape index (κ1) is 16.3. The van der Waals surface area contributed by atoms with Crippen molar-refractivity contribution in [1.82, 2.24) is 5.32 Å². The first-order valence-electron chi connectivity index (χ1n) is 7.82. The summed E-state index contributed by atoms with van der Waals surface area (Å²) in [5, 5.41) is 5.51. The van der Waals surface area contributed by atoms with Crippen LogP contribution in [0.4, 0.5) is 5.69 Å². The highest BCUT2D eigenvalue weighted by Gasteiger charge is 2.21. The number of amides is 2. The number of hydrogen-bond acceptors (Lipinski definition) is 3. The lowest BCUT2D eigenvalue weighted by molar-refractivity contribution is -0.128. The zero-order valence-corrected chi connectivity index (χ0v) is 13.3. The highest BCUT2D eigenvalue weighted by molar-refractivity contribution is 5.96. The molecule has 0 atom stereocenters. The Labute approximate surface area is 131 Å². The third kappa shape index (κ3) is 4.48. The van der Waals surface area contributed by atoms with Crippen LogP contribution in [0.3, 0.4) is 0 Å². The van der Waals surface area contributed by atoms with Crippen molar-refractivity contribution in [2.24, 2.45) is 5.92 Å². The number of ether oxygens (including phenoxy) is 1. The first-order chi connectivity index (χ1) is 10.6. The Morgan fingerprint density at radius 3 is 2.64 bits per heavy atom. The van der Waals surface area contributed by atoms with Gasteiger partial charge in [0.15, 0.2) is 0 Å². The molecule has 0 aliphatic heterocycles. The summed E-state index contributed by atoms with van der Waals surface area (Å²) in [6.45, 7) is 1.94. The molecule has 0 aromatic heterocycles. The molecular formula is C17H24N2O3. The van der Waals surface area contributed by atoms with Crippen LogP contribution in [-0.4, -0.2) is 25.5 Å². The number of benzene rings is 1. The van der Waals surface area contributed by atoms with Crippen molar-refractivity contribution in [1.29, 1.82) is 0 Å². The number of carbonyl (C=O) groups is 2. The van der Waals surface area contributed by atoms with Gasteiger partial charge in [-0.15, -0.1) is 0 Å². The Kier molecular flexibility index (Phi) is 5.81. The fourth-order valence-electron chi connectivity index (χ4n) is 2.79. The topological polar surface area (TPSA) is 67.4 Å². The van der Waals surface area contributed by atoms with E-state index in [-0.39, 0.29) is 24.3 Å². The Hall–Kier alpha value is -2.04. The van der Waals surface area contributed by atoms with E-state index in [9.17, 15) is 9.59 Å². The van der Waals surface area contributed by atoms with Gasteiger partial charge in [-0.1, -0.05) is 25.3 Å². The SMILES string of the molecule is COc1ccc(C)cc1NC(=O)CNC(=O)C1CCCCC1. The van der Waals surface area contributed by atoms with E-state index >= 15 is 0 Å². The van der Waals surface area contributed by atoms with E-state index in [0.29, 0.717) is 11.4 Å². The van der Waals surface area contributed by atoms with Crippen LogP contribution in [0.25, 0.3) is 0 Å². The van der Waals surface area contributed by atoms with E-state index in [1.54, 1.807) is 7.11 Å². The van der Waals surface area contributed by atoms with Crippen molar-refractivity contribution in [3.8, 4) is 5.75 Å². The first-order valence-corrected chi connectivity index (χ1v) is 7.82. The van der Waals surface area contributed by atoms with E-state index < -0.39 is 0 Å². The second kappa shape index (κ2) is 7.82. The maximum absolute atomic E-state index is 12.0. The molecule has 2 amide bonds. The third-order valence-corrected chi connectivity index (χ3v) is 4.03. The summed E-state index contributed by atoms with van der Waals surface area (Å²) < 4.78 is 5.22. The molecule has 5 nitrogen and oxygen atoms in total. The van der Waals surface area contributed by atoms with Crippen LogP contribution >= 0.6 is 0 Å². The molecule has 0 saturated heterocycles. The van der Waals surface area contributed by atoms with Crippen molar-refractivity contribution >= 4 is 17.5 Å². The van der Waals surface area contributed by atoms with E-state index in [1.807, 2.05) is 25.1 Å². The summed E-state index contributed by atoms with van der Waals surface area (Å²) in [6.07, 6.45) is 5.27. The third-order valence-electron chi connectivity index (χ3n) is 4.03. The Morgan fingerprint density at radius 2 is 1.95 bits per heavy atom.